The van der Waals surface area contributed by atoms with Crippen molar-refractivity contribution in [1.82, 2.24) is 10.2 Å². The Hall–Kier alpha value is -0.210. The van der Waals surface area contributed by atoms with Crippen LogP contribution in [0.4, 0.5) is 0 Å². The lowest BCUT2D eigenvalue weighted by Crippen LogP contribution is -2.44. The van der Waals surface area contributed by atoms with Gasteiger partial charge in [0.2, 0.25) is 0 Å². The van der Waals surface area contributed by atoms with Crippen molar-refractivity contribution >= 4 is 10.1 Å². The number of hydrogen-bond donors (Lipinski definition) is 3. The fourth-order valence-electron chi connectivity index (χ4n) is 1.08. The molecule has 7 heteroatoms. The van der Waals surface area contributed by atoms with Crippen LogP contribution in [0.15, 0.2) is 0 Å². The third-order valence-corrected chi connectivity index (χ3v) is 2.72. The average Bonchev–Trinajstić information content (AvgIpc) is 2.20. The predicted octanol–water partition coefficient (Wildman–Crippen LogP) is -1.22. The predicted molar refractivity (Wildman–Crippen MR) is 58.5 cm³/mol. The van der Waals surface area contributed by atoms with Gasteiger partial charge in [0.1, 0.15) is 0 Å². The highest BCUT2D eigenvalue weighted by atomic mass is 32.2. The summed E-state index contributed by atoms with van der Waals surface area (Å²) < 4.78 is 26.9. The fraction of sp³-hybridized carbons (Fsp3) is 1.00. The lowest BCUT2D eigenvalue weighted by atomic mass is 10.4. The second-order valence-corrected chi connectivity index (χ2v) is 4.93. The van der Waals surface area contributed by atoms with Gasteiger partial charge in [-0.05, 0) is 6.92 Å². The molecule has 0 aromatic rings. The van der Waals surface area contributed by atoms with Gasteiger partial charge in [-0.1, -0.05) is 0 Å². The largest absolute Gasteiger partial charge is 0.395 e. The molecule has 1 fully saturated rings. The minimum absolute atomic E-state index is 0.201. The van der Waals surface area contributed by atoms with Crippen LogP contribution in [0, 0.1) is 0 Å². The Morgan fingerprint density at radius 1 is 1.33 bits per heavy atom. The molecule has 0 unspecified atom stereocenters. The van der Waals surface area contributed by atoms with Crippen LogP contribution < -0.4 is 5.32 Å². The third-order valence-electron chi connectivity index (χ3n) is 1.99. The Labute approximate surface area is 91.0 Å². The van der Waals surface area contributed by atoms with E-state index in [9.17, 15) is 8.42 Å². The summed E-state index contributed by atoms with van der Waals surface area (Å²) in [6.45, 7) is 6.80. The molecule has 15 heavy (non-hydrogen) atoms. The van der Waals surface area contributed by atoms with Crippen molar-refractivity contribution in [3.05, 3.63) is 0 Å². The summed E-state index contributed by atoms with van der Waals surface area (Å²) in [4.78, 5) is 2.26. The normalized spacial score (nSPS) is 18.1. The highest BCUT2D eigenvalue weighted by Gasteiger charge is 2.06. The van der Waals surface area contributed by atoms with E-state index in [1.54, 1.807) is 0 Å². The molecule has 0 spiro atoms. The number of nitrogens with zero attached hydrogens (tertiary/aromatic N) is 1. The van der Waals surface area contributed by atoms with Crippen molar-refractivity contribution in [3.63, 3.8) is 0 Å². The zero-order valence-corrected chi connectivity index (χ0v) is 9.83. The van der Waals surface area contributed by atoms with E-state index in [1.807, 2.05) is 0 Å². The molecule has 0 atom stereocenters. The maximum Gasteiger partial charge on any atom is 0.264 e. The molecule has 1 saturated heterocycles. The lowest BCUT2D eigenvalue weighted by molar-refractivity contribution is 0.180. The Balaban J connectivity index is 0.000000288. The van der Waals surface area contributed by atoms with Crippen LogP contribution in [0.25, 0.3) is 0 Å². The Morgan fingerprint density at radius 2 is 1.80 bits per heavy atom. The topological polar surface area (TPSA) is 89.9 Å². The van der Waals surface area contributed by atoms with Crippen LogP contribution in [-0.2, 0) is 10.1 Å². The van der Waals surface area contributed by atoms with Crippen LogP contribution in [0.2, 0.25) is 0 Å². The van der Waals surface area contributed by atoms with E-state index in [0.29, 0.717) is 6.61 Å². The van der Waals surface area contributed by atoms with E-state index in [2.05, 4.69) is 10.2 Å². The summed E-state index contributed by atoms with van der Waals surface area (Å²) in [5, 5.41) is 11.8. The van der Waals surface area contributed by atoms with Crippen molar-refractivity contribution in [2.45, 2.75) is 6.92 Å². The number of aliphatic hydroxyl groups excluding tert-OH is 1. The summed E-state index contributed by atoms with van der Waals surface area (Å²) in [6, 6.07) is 0. The minimum atomic E-state index is -3.66. The van der Waals surface area contributed by atoms with Crippen molar-refractivity contribution in [2.24, 2.45) is 0 Å². The van der Waals surface area contributed by atoms with Gasteiger partial charge in [0.15, 0.2) is 0 Å². The van der Waals surface area contributed by atoms with Crippen molar-refractivity contribution in [1.29, 1.82) is 0 Å². The first-order valence-corrected chi connectivity index (χ1v) is 6.59. The second-order valence-electron chi connectivity index (χ2n) is 3.19. The Bertz CT molecular complexity index is 234. The molecule has 0 saturated carbocycles. The number of aliphatic hydroxyl groups is 1. The van der Waals surface area contributed by atoms with Gasteiger partial charge >= 0.3 is 0 Å². The van der Waals surface area contributed by atoms with Gasteiger partial charge < -0.3 is 10.4 Å². The van der Waals surface area contributed by atoms with Crippen LogP contribution in [0.3, 0.4) is 0 Å². The molecule has 0 radical (unpaired) electrons. The quantitative estimate of drug-likeness (QED) is 0.536. The molecular weight excluding hydrogens is 220 g/mol. The van der Waals surface area contributed by atoms with Gasteiger partial charge in [-0.25, -0.2) is 0 Å². The van der Waals surface area contributed by atoms with Gasteiger partial charge in [0.05, 0.1) is 12.4 Å². The number of hydrogen-bond acceptors (Lipinski definition) is 5. The maximum atomic E-state index is 9.56. The van der Waals surface area contributed by atoms with Crippen molar-refractivity contribution in [2.75, 3.05) is 45.1 Å². The maximum absolute atomic E-state index is 9.56. The average molecular weight is 240 g/mol. The molecule has 0 aromatic carbocycles. The molecule has 1 rings (SSSR count). The smallest absolute Gasteiger partial charge is 0.264 e. The molecule has 0 aliphatic carbocycles. The Morgan fingerprint density at radius 3 is 2.13 bits per heavy atom. The zero-order valence-electron chi connectivity index (χ0n) is 9.02. The van der Waals surface area contributed by atoms with E-state index < -0.39 is 10.1 Å². The standard InChI is InChI=1S/C6H14N2O.C2H6O3S/c9-6-5-8-3-1-7-2-4-8;1-2-6(3,4)5/h7,9H,1-6H2;2H2,1H3,(H,3,4,5). The summed E-state index contributed by atoms with van der Waals surface area (Å²) in [6.07, 6.45) is 0. The molecule has 92 valence electrons. The summed E-state index contributed by atoms with van der Waals surface area (Å²) in [7, 11) is -3.66. The first-order chi connectivity index (χ1) is 6.99. The van der Waals surface area contributed by atoms with Gasteiger partial charge in [-0.15, -0.1) is 0 Å². The van der Waals surface area contributed by atoms with Crippen LogP contribution >= 0.6 is 0 Å². The van der Waals surface area contributed by atoms with E-state index in [-0.39, 0.29) is 5.75 Å². The number of rotatable bonds is 3. The molecule has 0 amide bonds. The SMILES string of the molecule is CCS(=O)(=O)O.OCCN1CCNCC1. The third kappa shape index (κ3) is 10.1. The Kier molecular flexibility index (Phi) is 7.89. The monoisotopic (exact) mass is 240 g/mol. The fourth-order valence-corrected chi connectivity index (χ4v) is 1.08. The zero-order chi connectivity index (χ0) is 11.7. The van der Waals surface area contributed by atoms with Gasteiger partial charge in [0.25, 0.3) is 10.1 Å². The van der Waals surface area contributed by atoms with Crippen molar-refractivity contribution < 1.29 is 18.1 Å². The molecule has 1 aliphatic heterocycles. The highest BCUT2D eigenvalue weighted by molar-refractivity contribution is 7.85. The van der Waals surface area contributed by atoms with Crippen LogP contribution in [0.5, 0.6) is 0 Å². The summed E-state index contributed by atoms with van der Waals surface area (Å²) in [5.41, 5.74) is 0. The first kappa shape index (κ1) is 14.8. The molecule has 1 aliphatic rings. The number of nitrogens with one attached hydrogen (secondary N) is 1. The van der Waals surface area contributed by atoms with E-state index in [4.69, 9.17) is 9.66 Å². The van der Waals surface area contributed by atoms with E-state index in [1.165, 1.54) is 6.92 Å². The number of piperazine rings is 1. The molecule has 1 heterocycles. The molecule has 0 aromatic heterocycles. The lowest BCUT2D eigenvalue weighted by Gasteiger charge is -2.25. The van der Waals surface area contributed by atoms with Gasteiger partial charge in [-0.3, -0.25) is 9.45 Å². The minimum Gasteiger partial charge on any atom is -0.395 e. The van der Waals surface area contributed by atoms with E-state index in [0.717, 1.165) is 32.7 Å². The van der Waals surface area contributed by atoms with Gasteiger partial charge in [-0.2, -0.15) is 8.42 Å². The first-order valence-electron chi connectivity index (χ1n) is 4.98. The van der Waals surface area contributed by atoms with Crippen molar-refractivity contribution in [3.8, 4) is 0 Å². The van der Waals surface area contributed by atoms with Crippen LogP contribution in [0.1, 0.15) is 6.92 Å². The molecule has 3 N–H and O–H groups in total. The van der Waals surface area contributed by atoms with Gasteiger partial charge in [0, 0.05) is 32.7 Å². The second kappa shape index (κ2) is 8.00. The highest BCUT2D eigenvalue weighted by Crippen LogP contribution is 1.88. The van der Waals surface area contributed by atoms with Crippen LogP contribution in [-0.4, -0.2) is 68.1 Å². The molecule has 0 bridgehead atoms. The van der Waals surface area contributed by atoms with E-state index >= 15 is 0 Å². The number of β-amino-alcohol motifs (C(OH)–C–C–N with tert-alkyl or cyclic N) is 1. The molecular formula is C8H20N2O4S. The molecule has 6 nitrogen and oxygen atoms in total. The summed E-state index contributed by atoms with van der Waals surface area (Å²) in [5.74, 6) is -0.201. The summed E-state index contributed by atoms with van der Waals surface area (Å²) >= 11 is 0.